The average molecular weight is 447 g/mol. The highest BCUT2D eigenvalue weighted by Gasteiger charge is 2.28. The number of fused-ring (bicyclic) bond motifs is 2. The van der Waals surface area contributed by atoms with Crippen LogP contribution in [-0.4, -0.2) is 57.1 Å². The van der Waals surface area contributed by atoms with Crippen LogP contribution in [0.25, 0.3) is 0 Å². The van der Waals surface area contributed by atoms with Gasteiger partial charge in [0, 0.05) is 24.0 Å². The summed E-state index contributed by atoms with van der Waals surface area (Å²) < 4.78 is 9.73. The Labute approximate surface area is 186 Å². The van der Waals surface area contributed by atoms with Crippen molar-refractivity contribution in [3.63, 3.8) is 0 Å². The number of rotatable bonds is 4. The van der Waals surface area contributed by atoms with Crippen LogP contribution in [0.15, 0.2) is 0 Å². The molecule has 32 heavy (non-hydrogen) atoms. The number of ether oxygens (including phenoxy) is 2. The van der Waals surface area contributed by atoms with Crippen molar-refractivity contribution < 1.29 is 28.7 Å². The van der Waals surface area contributed by atoms with E-state index in [9.17, 15) is 19.2 Å². The maximum absolute atomic E-state index is 11.5. The van der Waals surface area contributed by atoms with E-state index in [1.807, 2.05) is 13.8 Å². The van der Waals surface area contributed by atoms with Crippen LogP contribution in [0.5, 0.6) is 0 Å². The van der Waals surface area contributed by atoms with Gasteiger partial charge in [-0.05, 0) is 39.5 Å². The summed E-state index contributed by atoms with van der Waals surface area (Å²) >= 11 is 0. The lowest BCUT2D eigenvalue weighted by Gasteiger charge is -2.09. The first-order valence-electron chi connectivity index (χ1n) is 11.0. The lowest BCUT2D eigenvalue weighted by atomic mass is 9.95. The van der Waals surface area contributed by atoms with E-state index >= 15 is 0 Å². The van der Waals surface area contributed by atoms with Crippen molar-refractivity contribution in [2.24, 2.45) is 0 Å². The molecule has 2 aromatic heterocycles. The Balaban J connectivity index is 0.000000211. The minimum Gasteiger partial charge on any atom is -0.461 e. The summed E-state index contributed by atoms with van der Waals surface area (Å²) in [6.45, 7) is 8.12. The second-order valence-electron chi connectivity index (χ2n) is 6.85. The van der Waals surface area contributed by atoms with E-state index in [1.165, 1.54) is 0 Å². The summed E-state index contributed by atoms with van der Waals surface area (Å²) in [5, 5.41) is 12.9. The first-order chi connectivity index (χ1) is 15.5. The van der Waals surface area contributed by atoms with Gasteiger partial charge in [-0.15, -0.1) is 0 Å². The van der Waals surface area contributed by atoms with Gasteiger partial charge < -0.3 is 9.47 Å². The predicted octanol–water partition coefficient (Wildman–Crippen LogP) is 3.24. The first kappa shape index (κ1) is 25.0. The molecule has 2 aliphatic rings. The number of H-pyrrole nitrogens is 2. The molecule has 0 spiro atoms. The summed E-state index contributed by atoms with van der Waals surface area (Å²) in [6.07, 6.45) is 4.01. The molecule has 0 radical (unpaired) electrons. The molecule has 0 atom stereocenters. The molecule has 0 fully saturated rings. The normalized spacial score (nSPS) is 14.1. The van der Waals surface area contributed by atoms with E-state index in [0.717, 1.165) is 12.8 Å². The van der Waals surface area contributed by atoms with Crippen LogP contribution in [0.2, 0.25) is 0 Å². The molecule has 0 aromatic carbocycles. The molecular formula is C22H30N4O6. The number of Topliss-reactive ketones (excluding diaryl/α,β-unsaturated/α-hetero) is 2. The van der Waals surface area contributed by atoms with Crippen molar-refractivity contribution in [2.45, 2.75) is 66.2 Å². The molecule has 4 rings (SSSR count). The Morgan fingerprint density at radius 1 is 0.750 bits per heavy atom. The summed E-state index contributed by atoms with van der Waals surface area (Å²) in [5.41, 5.74) is 2.91. The highest BCUT2D eigenvalue weighted by atomic mass is 16.5. The number of hydrogen-bond acceptors (Lipinski definition) is 8. The summed E-state index contributed by atoms with van der Waals surface area (Å²) in [7, 11) is 0. The van der Waals surface area contributed by atoms with Gasteiger partial charge in [-0.3, -0.25) is 19.8 Å². The number of hydrogen-bond donors (Lipinski definition) is 2. The fraction of sp³-hybridized carbons (Fsp3) is 0.545. The summed E-state index contributed by atoms with van der Waals surface area (Å²) in [5.74, 6) is -0.854. The van der Waals surface area contributed by atoms with Gasteiger partial charge in [0.1, 0.15) is 22.8 Å². The van der Waals surface area contributed by atoms with Gasteiger partial charge in [0.15, 0.2) is 11.6 Å². The average Bonchev–Trinajstić information content (AvgIpc) is 3.42. The molecular weight excluding hydrogens is 416 g/mol. The van der Waals surface area contributed by atoms with E-state index in [0.29, 0.717) is 72.8 Å². The Morgan fingerprint density at radius 2 is 1.12 bits per heavy atom. The molecule has 2 heterocycles. The number of aromatic amines is 2. The minimum absolute atomic E-state index is 0.00282. The first-order valence-corrected chi connectivity index (χ1v) is 11.0. The second kappa shape index (κ2) is 11.9. The zero-order chi connectivity index (χ0) is 23.7. The van der Waals surface area contributed by atoms with E-state index in [1.54, 1.807) is 13.8 Å². The van der Waals surface area contributed by atoms with Crippen LogP contribution in [-0.2, 0) is 22.3 Å². The number of nitrogens with zero attached hydrogens (tertiary/aromatic N) is 2. The van der Waals surface area contributed by atoms with Crippen molar-refractivity contribution in [1.29, 1.82) is 0 Å². The molecule has 10 nitrogen and oxygen atoms in total. The molecule has 0 unspecified atom stereocenters. The Morgan fingerprint density at radius 3 is 1.47 bits per heavy atom. The smallest absolute Gasteiger partial charge is 0.356 e. The lowest BCUT2D eigenvalue weighted by Crippen LogP contribution is -2.13. The number of carbonyl (C=O) groups excluding carboxylic acids is 4. The van der Waals surface area contributed by atoms with Gasteiger partial charge in [-0.1, -0.05) is 13.8 Å². The molecule has 0 bridgehead atoms. The SMILES string of the molecule is CC.CCOC(=O)c1[nH]nc2c1CCCC2=O.CCOC(=O)c1[nH]nc2c1CCCC2=O. The fourth-order valence-corrected chi connectivity index (χ4v) is 3.51. The van der Waals surface area contributed by atoms with Crippen LogP contribution in [0.1, 0.15) is 106 Å². The Hall–Kier alpha value is -3.30. The molecule has 0 saturated heterocycles. The highest BCUT2D eigenvalue weighted by Crippen LogP contribution is 2.23. The third kappa shape index (κ3) is 5.49. The Bertz CT molecular complexity index is 897. The molecule has 0 aliphatic heterocycles. The van der Waals surface area contributed by atoms with Crippen molar-refractivity contribution in [3.8, 4) is 0 Å². The minimum atomic E-state index is -0.430. The largest absolute Gasteiger partial charge is 0.461 e. The van der Waals surface area contributed by atoms with E-state index < -0.39 is 11.9 Å². The topological polar surface area (TPSA) is 144 Å². The second-order valence-corrected chi connectivity index (χ2v) is 6.85. The molecule has 2 aromatic rings. The highest BCUT2D eigenvalue weighted by molar-refractivity contribution is 6.01. The van der Waals surface area contributed by atoms with Crippen LogP contribution in [0.4, 0.5) is 0 Å². The summed E-state index contributed by atoms with van der Waals surface area (Å²) in [6, 6.07) is 0. The number of aromatic nitrogens is 4. The van der Waals surface area contributed by atoms with Gasteiger partial charge in [0.25, 0.3) is 0 Å². The molecule has 0 saturated carbocycles. The number of nitrogens with one attached hydrogen (secondary N) is 2. The zero-order valence-electron chi connectivity index (χ0n) is 19.0. The third-order valence-electron chi connectivity index (χ3n) is 4.88. The van der Waals surface area contributed by atoms with E-state index in [4.69, 9.17) is 9.47 Å². The molecule has 174 valence electrons. The number of ketones is 2. The van der Waals surface area contributed by atoms with Gasteiger partial charge >= 0.3 is 11.9 Å². The molecule has 2 N–H and O–H groups in total. The van der Waals surface area contributed by atoms with Gasteiger partial charge in [0.2, 0.25) is 0 Å². The van der Waals surface area contributed by atoms with E-state index in [2.05, 4.69) is 20.4 Å². The van der Waals surface area contributed by atoms with Crippen LogP contribution < -0.4 is 0 Å². The van der Waals surface area contributed by atoms with Crippen molar-refractivity contribution in [3.05, 3.63) is 33.9 Å². The third-order valence-corrected chi connectivity index (χ3v) is 4.88. The molecule has 10 heteroatoms. The van der Waals surface area contributed by atoms with Crippen LogP contribution in [0, 0.1) is 0 Å². The standard InChI is InChI=1S/2C10H12N2O3.C2H6/c2*1-2-15-10(14)9-6-4-3-5-7(13)8(6)11-12-9;1-2/h2*2-5H2,1H3,(H,11,12);1-2H3. The van der Waals surface area contributed by atoms with Crippen molar-refractivity contribution in [2.75, 3.05) is 13.2 Å². The quantitative estimate of drug-likeness (QED) is 0.681. The maximum Gasteiger partial charge on any atom is 0.356 e. The van der Waals surface area contributed by atoms with Gasteiger partial charge in [-0.25, -0.2) is 9.59 Å². The monoisotopic (exact) mass is 446 g/mol. The van der Waals surface area contributed by atoms with Gasteiger partial charge in [-0.2, -0.15) is 10.2 Å². The Kier molecular flexibility index (Phi) is 9.30. The van der Waals surface area contributed by atoms with Gasteiger partial charge in [0.05, 0.1) is 13.2 Å². The van der Waals surface area contributed by atoms with Crippen LogP contribution >= 0.6 is 0 Å². The summed E-state index contributed by atoms with van der Waals surface area (Å²) in [4.78, 5) is 45.8. The molecule has 2 aliphatic carbocycles. The maximum atomic E-state index is 11.5. The number of carbonyl (C=O) groups is 4. The van der Waals surface area contributed by atoms with Crippen LogP contribution in [0.3, 0.4) is 0 Å². The fourth-order valence-electron chi connectivity index (χ4n) is 3.51. The number of esters is 2. The van der Waals surface area contributed by atoms with Crippen molar-refractivity contribution in [1.82, 2.24) is 20.4 Å². The van der Waals surface area contributed by atoms with E-state index in [-0.39, 0.29) is 11.6 Å². The lowest BCUT2D eigenvalue weighted by molar-refractivity contribution is 0.0508. The molecule has 0 amide bonds. The zero-order valence-corrected chi connectivity index (χ0v) is 19.0. The van der Waals surface area contributed by atoms with Crippen molar-refractivity contribution >= 4 is 23.5 Å². The predicted molar refractivity (Wildman–Crippen MR) is 115 cm³/mol.